The van der Waals surface area contributed by atoms with E-state index in [1.165, 1.54) is 4.80 Å². The molecule has 3 heterocycles. The molecule has 1 aliphatic carbocycles. The molecule has 0 spiro atoms. The first-order valence-electron chi connectivity index (χ1n) is 12.2. The number of aryl methyl sites for hydroxylation is 1. The molecule has 5 aromatic rings. The standard InChI is InChI=1S/C29H25N7O/c1-29(2)14-13-23-22(27(29)37)11-12-24(31-23)28-33-35-36(34-28)21-16-25(18-7-4-3-5-8-18)32-26(17-21)19-9-6-10-20(30)15-19/h3-12,15-17H,13-14,30H2,1-2H3. The van der Waals surface area contributed by atoms with Crippen LogP contribution in [0.4, 0.5) is 5.69 Å². The maximum atomic E-state index is 12.8. The lowest BCUT2D eigenvalue weighted by atomic mass is 9.75. The molecule has 182 valence electrons. The van der Waals surface area contributed by atoms with Crippen LogP contribution in [0.5, 0.6) is 0 Å². The van der Waals surface area contributed by atoms with Gasteiger partial charge in [0.15, 0.2) is 5.78 Å². The first-order valence-corrected chi connectivity index (χ1v) is 12.2. The SMILES string of the molecule is CC1(C)CCc2nc(-c3nnn(-c4cc(-c5ccccc5)nc(-c5cccc(N)c5)c4)n3)ccc2C1=O. The zero-order valence-corrected chi connectivity index (χ0v) is 20.6. The van der Waals surface area contributed by atoms with E-state index in [2.05, 4.69) is 15.4 Å². The Morgan fingerprint density at radius 3 is 2.38 bits per heavy atom. The minimum atomic E-state index is -0.365. The molecular formula is C29H25N7O. The molecule has 8 heteroatoms. The van der Waals surface area contributed by atoms with Crippen LogP contribution in [0.1, 0.15) is 36.3 Å². The molecule has 0 fully saturated rings. The minimum Gasteiger partial charge on any atom is -0.399 e. The predicted octanol–water partition coefficient (Wildman–Crippen LogP) is 5.19. The summed E-state index contributed by atoms with van der Waals surface area (Å²) >= 11 is 0. The molecule has 2 N–H and O–H groups in total. The number of hydrogen-bond acceptors (Lipinski definition) is 7. The van der Waals surface area contributed by atoms with Crippen LogP contribution in [-0.4, -0.2) is 36.0 Å². The van der Waals surface area contributed by atoms with Crippen LogP contribution in [-0.2, 0) is 6.42 Å². The van der Waals surface area contributed by atoms with Crippen molar-refractivity contribution in [2.24, 2.45) is 5.41 Å². The highest BCUT2D eigenvalue weighted by molar-refractivity contribution is 6.02. The quantitative estimate of drug-likeness (QED) is 0.347. The van der Waals surface area contributed by atoms with Crippen molar-refractivity contribution in [2.75, 3.05) is 5.73 Å². The van der Waals surface area contributed by atoms with E-state index >= 15 is 0 Å². The Bertz CT molecular complexity index is 1640. The van der Waals surface area contributed by atoms with Gasteiger partial charge in [0.2, 0.25) is 5.82 Å². The molecule has 1 aliphatic rings. The number of Topliss-reactive ketones (excluding diaryl/α,β-unsaturated/α-hetero) is 1. The molecule has 0 saturated heterocycles. The van der Waals surface area contributed by atoms with E-state index in [1.54, 1.807) is 6.07 Å². The first kappa shape index (κ1) is 22.7. The lowest BCUT2D eigenvalue weighted by molar-refractivity contribution is 0.0809. The molecule has 37 heavy (non-hydrogen) atoms. The number of hydrogen-bond donors (Lipinski definition) is 1. The molecule has 0 unspecified atom stereocenters. The van der Waals surface area contributed by atoms with Gasteiger partial charge in [0.25, 0.3) is 0 Å². The Morgan fingerprint density at radius 1 is 0.838 bits per heavy atom. The number of aromatic nitrogens is 6. The number of nitrogens with two attached hydrogens (primary N) is 1. The van der Waals surface area contributed by atoms with Gasteiger partial charge >= 0.3 is 0 Å². The molecule has 0 bridgehead atoms. The van der Waals surface area contributed by atoms with Gasteiger partial charge in [-0.05, 0) is 54.5 Å². The van der Waals surface area contributed by atoms with Gasteiger partial charge in [-0.1, -0.05) is 56.3 Å². The average Bonchev–Trinajstić information content (AvgIpc) is 3.42. The molecule has 0 atom stereocenters. The van der Waals surface area contributed by atoms with Crippen molar-refractivity contribution >= 4 is 11.5 Å². The molecule has 0 saturated carbocycles. The summed E-state index contributed by atoms with van der Waals surface area (Å²) in [6.07, 6.45) is 1.51. The number of pyridine rings is 2. The van der Waals surface area contributed by atoms with Crippen LogP contribution in [0.2, 0.25) is 0 Å². The molecule has 6 rings (SSSR count). The number of carbonyl (C=O) groups is 1. The van der Waals surface area contributed by atoms with Crippen molar-refractivity contribution in [3.8, 4) is 39.7 Å². The molecule has 8 nitrogen and oxygen atoms in total. The van der Waals surface area contributed by atoms with E-state index in [0.29, 0.717) is 28.5 Å². The third-order valence-corrected chi connectivity index (χ3v) is 6.76. The Morgan fingerprint density at radius 2 is 1.59 bits per heavy atom. The number of carbonyl (C=O) groups excluding carboxylic acids is 1. The minimum absolute atomic E-state index is 0.128. The maximum Gasteiger partial charge on any atom is 0.223 e. The number of nitrogens with zero attached hydrogens (tertiary/aromatic N) is 6. The van der Waals surface area contributed by atoms with Crippen molar-refractivity contribution in [2.45, 2.75) is 26.7 Å². The number of rotatable bonds is 4. The highest BCUT2D eigenvalue weighted by atomic mass is 16.1. The van der Waals surface area contributed by atoms with Crippen LogP contribution >= 0.6 is 0 Å². The second kappa shape index (κ2) is 8.74. The summed E-state index contributed by atoms with van der Waals surface area (Å²) in [5.41, 5.74) is 12.5. The summed E-state index contributed by atoms with van der Waals surface area (Å²) in [4.78, 5) is 23.9. The van der Waals surface area contributed by atoms with Gasteiger partial charge in [0, 0.05) is 27.8 Å². The number of anilines is 1. The van der Waals surface area contributed by atoms with Crippen LogP contribution in [0.25, 0.3) is 39.7 Å². The second-order valence-electron chi connectivity index (χ2n) is 9.89. The lowest BCUT2D eigenvalue weighted by Crippen LogP contribution is -2.31. The Kier molecular flexibility index (Phi) is 5.37. The van der Waals surface area contributed by atoms with Gasteiger partial charge in [0.1, 0.15) is 5.69 Å². The highest BCUT2D eigenvalue weighted by Crippen LogP contribution is 2.34. The van der Waals surface area contributed by atoms with Gasteiger partial charge in [-0.25, -0.2) is 9.97 Å². The van der Waals surface area contributed by atoms with Crippen molar-refractivity contribution in [1.82, 2.24) is 30.2 Å². The summed E-state index contributed by atoms with van der Waals surface area (Å²) in [5, 5.41) is 13.2. The van der Waals surface area contributed by atoms with Crippen LogP contribution in [0.15, 0.2) is 78.9 Å². The number of nitrogen functional groups attached to an aromatic ring is 1. The van der Waals surface area contributed by atoms with Crippen molar-refractivity contribution in [1.29, 1.82) is 0 Å². The molecular weight excluding hydrogens is 462 g/mol. The van der Waals surface area contributed by atoms with Gasteiger partial charge in [-0.2, -0.15) is 0 Å². The van der Waals surface area contributed by atoms with Crippen LogP contribution in [0.3, 0.4) is 0 Å². The third kappa shape index (κ3) is 4.27. The maximum absolute atomic E-state index is 12.8. The fraction of sp³-hybridized carbons (Fsp3) is 0.172. The van der Waals surface area contributed by atoms with E-state index in [9.17, 15) is 4.79 Å². The summed E-state index contributed by atoms with van der Waals surface area (Å²) in [6, 6.07) is 25.0. The van der Waals surface area contributed by atoms with E-state index in [-0.39, 0.29) is 11.2 Å². The third-order valence-electron chi connectivity index (χ3n) is 6.76. The normalized spacial score (nSPS) is 14.4. The molecule has 0 radical (unpaired) electrons. The summed E-state index contributed by atoms with van der Waals surface area (Å²) in [6.45, 7) is 3.96. The van der Waals surface area contributed by atoms with Gasteiger partial charge < -0.3 is 5.73 Å². The van der Waals surface area contributed by atoms with Gasteiger partial charge in [-0.3, -0.25) is 4.79 Å². The van der Waals surface area contributed by atoms with Crippen LogP contribution in [0, 0.1) is 5.41 Å². The van der Waals surface area contributed by atoms with E-state index in [1.807, 2.05) is 86.6 Å². The lowest BCUT2D eigenvalue weighted by Gasteiger charge is -2.28. The first-order chi connectivity index (χ1) is 17.9. The fourth-order valence-corrected chi connectivity index (χ4v) is 4.59. The smallest absolute Gasteiger partial charge is 0.223 e. The highest BCUT2D eigenvalue weighted by Gasteiger charge is 2.35. The Hall–Kier alpha value is -4.72. The van der Waals surface area contributed by atoms with E-state index in [0.717, 1.165) is 41.1 Å². The zero-order chi connectivity index (χ0) is 25.6. The molecule has 2 aromatic carbocycles. The summed E-state index contributed by atoms with van der Waals surface area (Å²) in [7, 11) is 0. The number of tetrazole rings is 1. The number of fused-ring (bicyclic) bond motifs is 1. The van der Waals surface area contributed by atoms with Gasteiger partial charge in [0.05, 0.1) is 22.8 Å². The van der Waals surface area contributed by atoms with Crippen molar-refractivity contribution in [3.63, 3.8) is 0 Å². The molecule has 0 aliphatic heterocycles. The monoisotopic (exact) mass is 487 g/mol. The molecule has 3 aromatic heterocycles. The Labute approximate surface area is 214 Å². The topological polar surface area (TPSA) is 112 Å². The summed E-state index contributed by atoms with van der Waals surface area (Å²) in [5.74, 6) is 0.521. The van der Waals surface area contributed by atoms with Crippen molar-refractivity contribution < 1.29 is 4.79 Å². The number of benzene rings is 2. The second-order valence-corrected chi connectivity index (χ2v) is 9.89. The van der Waals surface area contributed by atoms with Crippen molar-refractivity contribution in [3.05, 3.63) is 90.1 Å². The molecule has 0 amide bonds. The Balaban J connectivity index is 1.41. The van der Waals surface area contributed by atoms with Gasteiger partial charge in [-0.15, -0.1) is 15.0 Å². The van der Waals surface area contributed by atoms with Crippen LogP contribution < -0.4 is 5.73 Å². The zero-order valence-electron chi connectivity index (χ0n) is 20.6. The average molecular weight is 488 g/mol. The van der Waals surface area contributed by atoms with E-state index in [4.69, 9.17) is 15.7 Å². The van der Waals surface area contributed by atoms with E-state index < -0.39 is 0 Å². The predicted molar refractivity (Wildman–Crippen MR) is 142 cm³/mol. The summed E-state index contributed by atoms with van der Waals surface area (Å²) < 4.78 is 0. The fourth-order valence-electron chi connectivity index (χ4n) is 4.59. The number of ketones is 1. The largest absolute Gasteiger partial charge is 0.399 e.